The Bertz CT molecular complexity index is 746. The summed E-state index contributed by atoms with van der Waals surface area (Å²) in [5.74, 6) is -2.17. The number of carboxylic acids is 1. The molecule has 0 fully saturated rings. The molecule has 4 nitrogen and oxygen atoms in total. The fraction of sp³-hybridized carbons (Fsp3) is 0.300. The van der Waals surface area contributed by atoms with E-state index in [-0.39, 0.29) is 17.4 Å². The van der Waals surface area contributed by atoms with Crippen LogP contribution in [0.2, 0.25) is 0 Å². The van der Waals surface area contributed by atoms with Crippen LogP contribution in [0.5, 0.6) is 0 Å². The number of amides is 1. The zero-order chi connectivity index (χ0) is 18.6. The van der Waals surface area contributed by atoms with Gasteiger partial charge in [0, 0.05) is 18.0 Å². The topological polar surface area (TPSA) is 69.2 Å². The molecule has 2 rings (SSSR count). The van der Waals surface area contributed by atoms with E-state index in [0.717, 1.165) is 5.56 Å². The highest BCUT2D eigenvalue weighted by atomic mass is 19.1. The molecule has 0 bridgehead atoms. The van der Waals surface area contributed by atoms with Gasteiger partial charge in [0.15, 0.2) is 0 Å². The van der Waals surface area contributed by atoms with E-state index in [1.54, 1.807) is 12.1 Å². The number of hydrogen-bond acceptors (Lipinski definition) is 3. The molecule has 132 valence electrons. The summed E-state index contributed by atoms with van der Waals surface area (Å²) in [5, 5.41) is 13.7. The Morgan fingerprint density at radius 1 is 1.04 bits per heavy atom. The highest BCUT2D eigenvalue weighted by Gasteiger charge is 2.18. The van der Waals surface area contributed by atoms with Gasteiger partial charge in [-0.15, -0.1) is 0 Å². The molecular formula is C20H21FNO3-. The quantitative estimate of drug-likeness (QED) is 0.908. The number of rotatable bonds is 5. The van der Waals surface area contributed by atoms with Gasteiger partial charge in [-0.2, -0.15) is 0 Å². The number of halogens is 1. The standard InChI is InChI=1S/C20H22FNO3/c1-20(2,3)15-8-4-13(5-9-15)17(12-18(23)24)22-19(25)14-6-10-16(21)11-7-14/h4-11,17H,12H2,1-3H3,(H,22,25)(H,23,24)/p-1. The van der Waals surface area contributed by atoms with E-state index in [9.17, 15) is 19.1 Å². The van der Waals surface area contributed by atoms with Crippen molar-refractivity contribution in [1.82, 2.24) is 5.32 Å². The molecule has 5 heteroatoms. The molecule has 1 amide bonds. The van der Waals surface area contributed by atoms with E-state index < -0.39 is 23.7 Å². The van der Waals surface area contributed by atoms with Gasteiger partial charge in [0.25, 0.3) is 5.91 Å². The number of nitrogens with one attached hydrogen (secondary N) is 1. The normalized spacial score (nSPS) is 12.5. The van der Waals surface area contributed by atoms with Gasteiger partial charge >= 0.3 is 0 Å². The first-order chi connectivity index (χ1) is 11.7. The van der Waals surface area contributed by atoms with Crippen LogP contribution in [0.25, 0.3) is 0 Å². The molecule has 1 N–H and O–H groups in total. The predicted molar refractivity (Wildman–Crippen MR) is 91.4 cm³/mol. The molecule has 2 aromatic rings. The van der Waals surface area contributed by atoms with E-state index in [1.807, 2.05) is 12.1 Å². The number of carbonyl (C=O) groups is 2. The Balaban J connectivity index is 2.22. The summed E-state index contributed by atoms with van der Waals surface area (Å²) in [7, 11) is 0. The number of aliphatic carboxylic acids is 1. The minimum absolute atomic E-state index is 0.0280. The lowest BCUT2D eigenvalue weighted by Gasteiger charge is -2.23. The van der Waals surface area contributed by atoms with Crippen LogP contribution in [-0.4, -0.2) is 11.9 Å². The van der Waals surface area contributed by atoms with Crippen molar-refractivity contribution in [2.45, 2.75) is 38.6 Å². The van der Waals surface area contributed by atoms with Gasteiger partial charge in [-0.05, 0) is 40.8 Å². The first-order valence-corrected chi connectivity index (χ1v) is 8.03. The van der Waals surface area contributed by atoms with E-state index in [2.05, 4.69) is 26.1 Å². The van der Waals surface area contributed by atoms with Crippen LogP contribution < -0.4 is 10.4 Å². The number of carboxylic acid groups (broad SMARTS) is 1. The molecule has 0 spiro atoms. The first kappa shape index (κ1) is 18.6. The maximum absolute atomic E-state index is 13.0. The monoisotopic (exact) mass is 342 g/mol. The zero-order valence-electron chi connectivity index (χ0n) is 14.5. The van der Waals surface area contributed by atoms with Crippen molar-refractivity contribution in [3.63, 3.8) is 0 Å². The lowest BCUT2D eigenvalue weighted by atomic mass is 9.86. The van der Waals surface area contributed by atoms with Crippen LogP contribution in [0.4, 0.5) is 4.39 Å². The SMILES string of the molecule is CC(C)(C)c1ccc(C(CC(=O)[O-])NC(=O)c2ccc(F)cc2)cc1. The van der Waals surface area contributed by atoms with Crippen LogP contribution >= 0.6 is 0 Å². The van der Waals surface area contributed by atoms with Crippen LogP contribution in [-0.2, 0) is 10.2 Å². The largest absolute Gasteiger partial charge is 0.550 e. The molecule has 0 aliphatic rings. The Labute approximate surface area is 146 Å². The summed E-state index contributed by atoms with van der Waals surface area (Å²) >= 11 is 0. The van der Waals surface area contributed by atoms with Crippen LogP contribution in [0, 0.1) is 5.82 Å². The maximum Gasteiger partial charge on any atom is 0.251 e. The Hall–Kier alpha value is -2.69. The second-order valence-electron chi connectivity index (χ2n) is 6.98. The van der Waals surface area contributed by atoms with Crippen LogP contribution in [0.15, 0.2) is 48.5 Å². The van der Waals surface area contributed by atoms with E-state index in [4.69, 9.17) is 0 Å². The molecule has 0 aliphatic heterocycles. The Kier molecular flexibility index (Phi) is 5.57. The van der Waals surface area contributed by atoms with Gasteiger partial charge in [-0.25, -0.2) is 4.39 Å². The lowest BCUT2D eigenvalue weighted by Crippen LogP contribution is -2.34. The maximum atomic E-state index is 13.0. The molecule has 0 radical (unpaired) electrons. The third-order valence-electron chi connectivity index (χ3n) is 3.96. The van der Waals surface area contributed by atoms with Crippen molar-refractivity contribution in [3.8, 4) is 0 Å². The average molecular weight is 342 g/mol. The summed E-state index contributed by atoms with van der Waals surface area (Å²) in [6, 6.07) is 11.8. The molecule has 0 heterocycles. The van der Waals surface area contributed by atoms with Crippen molar-refractivity contribution in [2.75, 3.05) is 0 Å². The van der Waals surface area contributed by atoms with Crippen molar-refractivity contribution in [1.29, 1.82) is 0 Å². The average Bonchev–Trinajstić information content (AvgIpc) is 2.53. The molecule has 2 aromatic carbocycles. The first-order valence-electron chi connectivity index (χ1n) is 8.03. The molecule has 0 aliphatic carbocycles. The molecule has 0 aromatic heterocycles. The third-order valence-corrected chi connectivity index (χ3v) is 3.96. The molecular weight excluding hydrogens is 321 g/mol. The van der Waals surface area contributed by atoms with E-state index >= 15 is 0 Å². The highest BCUT2D eigenvalue weighted by molar-refractivity contribution is 5.94. The summed E-state index contributed by atoms with van der Waals surface area (Å²) in [5.41, 5.74) is 2.01. The van der Waals surface area contributed by atoms with Gasteiger partial charge in [0.1, 0.15) is 5.82 Å². The molecule has 0 saturated heterocycles. The van der Waals surface area contributed by atoms with Crippen LogP contribution in [0.3, 0.4) is 0 Å². The fourth-order valence-electron chi connectivity index (χ4n) is 2.48. The highest BCUT2D eigenvalue weighted by Crippen LogP contribution is 2.25. The predicted octanol–water partition coefficient (Wildman–Crippen LogP) is 2.73. The van der Waals surface area contributed by atoms with Gasteiger partial charge in [-0.1, -0.05) is 45.0 Å². The van der Waals surface area contributed by atoms with Crippen LogP contribution in [0.1, 0.15) is 54.7 Å². The van der Waals surface area contributed by atoms with Gasteiger partial charge in [0.2, 0.25) is 0 Å². The van der Waals surface area contributed by atoms with Gasteiger partial charge < -0.3 is 15.2 Å². The lowest BCUT2D eigenvalue weighted by molar-refractivity contribution is -0.306. The fourth-order valence-corrected chi connectivity index (χ4v) is 2.48. The van der Waals surface area contributed by atoms with E-state index in [1.165, 1.54) is 24.3 Å². The Morgan fingerprint density at radius 3 is 2.08 bits per heavy atom. The minimum Gasteiger partial charge on any atom is -0.550 e. The van der Waals surface area contributed by atoms with Crippen molar-refractivity contribution in [2.24, 2.45) is 0 Å². The summed E-state index contributed by atoms with van der Waals surface area (Å²) in [6.07, 6.45) is -0.345. The minimum atomic E-state index is -1.26. The number of benzene rings is 2. The van der Waals surface area contributed by atoms with Crippen molar-refractivity contribution in [3.05, 3.63) is 71.0 Å². The van der Waals surface area contributed by atoms with Crippen molar-refractivity contribution < 1.29 is 19.1 Å². The Morgan fingerprint density at radius 2 is 1.60 bits per heavy atom. The van der Waals surface area contributed by atoms with Gasteiger partial charge in [-0.3, -0.25) is 4.79 Å². The molecule has 0 saturated carbocycles. The van der Waals surface area contributed by atoms with Crippen molar-refractivity contribution >= 4 is 11.9 Å². The number of hydrogen-bond donors (Lipinski definition) is 1. The number of carbonyl (C=O) groups excluding carboxylic acids is 2. The second kappa shape index (κ2) is 7.47. The summed E-state index contributed by atoms with van der Waals surface area (Å²) < 4.78 is 13.0. The molecule has 1 unspecified atom stereocenters. The molecule has 1 atom stereocenters. The molecule has 25 heavy (non-hydrogen) atoms. The second-order valence-corrected chi connectivity index (χ2v) is 6.98. The zero-order valence-corrected chi connectivity index (χ0v) is 14.5. The third kappa shape index (κ3) is 5.14. The van der Waals surface area contributed by atoms with E-state index in [0.29, 0.717) is 5.56 Å². The summed E-state index contributed by atoms with van der Waals surface area (Å²) in [6.45, 7) is 6.24. The summed E-state index contributed by atoms with van der Waals surface area (Å²) in [4.78, 5) is 23.4. The smallest absolute Gasteiger partial charge is 0.251 e. The van der Waals surface area contributed by atoms with Gasteiger partial charge in [0.05, 0.1) is 6.04 Å².